The summed E-state index contributed by atoms with van der Waals surface area (Å²) in [5, 5.41) is 2.00. The van der Waals surface area contributed by atoms with Crippen LogP contribution < -0.4 is 4.90 Å². The quantitative estimate of drug-likeness (QED) is 0.265. The summed E-state index contributed by atoms with van der Waals surface area (Å²) < 4.78 is 1.99. The van der Waals surface area contributed by atoms with Crippen LogP contribution in [-0.2, 0) is 4.79 Å². The molecule has 1 saturated carbocycles. The number of hydrogen-bond donors (Lipinski definition) is 0. The topological polar surface area (TPSA) is 67.6 Å². The summed E-state index contributed by atoms with van der Waals surface area (Å²) in [4.78, 5) is 39.9. The molecule has 0 spiro atoms. The molecular formula is C27H30N4O2S2. The second kappa shape index (κ2) is 9.66. The maximum Gasteiger partial charge on any atom is 0.230 e. The van der Waals surface area contributed by atoms with E-state index in [0.29, 0.717) is 10.8 Å². The molecule has 1 amide bonds. The number of pyridine rings is 1. The fourth-order valence-electron chi connectivity index (χ4n) is 4.85. The van der Waals surface area contributed by atoms with Crippen molar-refractivity contribution in [2.45, 2.75) is 59.4 Å². The summed E-state index contributed by atoms with van der Waals surface area (Å²) in [7, 11) is 0. The average molecular weight is 507 g/mol. The normalized spacial score (nSPS) is 18.3. The van der Waals surface area contributed by atoms with Crippen molar-refractivity contribution < 1.29 is 9.59 Å². The Morgan fingerprint density at radius 3 is 2.54 bits per heavy atom. The molecule has 0 unspecified atom stereocenters. The van der Waals surface area contributed by atoms with Crippen LogP contribution in [0.25, 0.3) is 26.8 Å². The van der Waals surface area contributed by atoms with Crippen LogP contribution in [0.4, 0.5) is 5.69 Å². The van der Waals surface area contributed by atoms with Gasteiger partial charge in [0.05, 0.1) is 16.3 Å². The Kier molecular flexibility index (Phi) is 6.59. The molecule has 6 nitrogen and oxygen atoms in total. The molecule has 5 rings (SSSR count). The maximum atomic E-state index is 13.6. The smallest absolute Gasteiger partial charge is 0.230 e. The summed E-state index contributed by atoms with van der Waals surface area (Å²) in [5.41, 5.74) is 3.29. The van der Waals surface area contributed by atoms with E-state index >= 15 is 0 Å². The van der Waals surface area contributed by atoms with Crippen LogP contribution in [0.15, 0.2) is 42.2 Å². The van der Waals surface area contributed by atoms with Crippen LogP contribution in [0.1, 0.15) is 63.0 Å². The van der Waals surface area contributed by atoms with Crippen LogP contribution in [0.5, 0.6) is 0 Å². The molecule has 1 fully saturated rings. The van der Waals surface area contributed by atoms with E-state index in [4.69, 9.17) is 0 Å². The van der Waals surface area contributed by atoms with Crippen LogP contribution in [0.3, 0.4) is 0 Å². The highest BCUT2D eigenvalue weighted by molar-refractivity contribution is 7.18. The molecule has 182 valence electrons. The minimum Gasteiger partial charge on any atom is -0.308 e. The number of hydrogen-bond acceptors (Lipinski definition) is 6. The molecule has 8 heteroatoms. The van der Waals surface area contributed by atoms with Gasteiger partial charge in [0, 0.05) is 53.3 Å². The number of aromatic nitrogens is 3. The van der Waals surface area contributed by atoms with Gasteiger partial charge in [-0.1, -0.05) is 6.92 Å². The number of thiophene rings is 1. The third kappa shape index (κ3) is 4.69. The molecule has 4 aromatic heterocycles. The van der Waals surface area contributed by atoms with Gasteiger partial charge in [-0.15, -0.1) is 22.7 Å². The van der Waals surface area contributed by atoms with E-state index in [0.717, 1.165) is 58.2 Å². The van der Waals surface area contributed by atoms with Crippen molar-refractivity contribution in [1.82, 2.24) is 14.4 Å². The highest BCUT2D eigenvalue weighted by atomic mass is 32.1. The number of ketones is 1. The summed E-state index contributed by atoms with van der Waals surface area (Å²) in [5.74, 6) is 0.838. The van der Waals surface area contributed by atoms with E-state index < -0.39 is 0 Å². The first-order chi connectivity index (χ1) is 16.8. The highest BCUT2D eigenvalue weighted by Crippen LogP contribution is 2.40. The first-order valence-corrected chi connectivity index (χ1v) is 13.9. The Hall–Kier alpha value is -2.84. The molecule has 1 aliphatic rings. The molecule has 0 atom stereocenters. The van der Waals surface area contributed by atoms with Crippen LogP contribution in [0, 0.1) is 11.8 Å². The fraction of sp³-hybridized carbons (Fsp3) is 0.407. The summed E-state index contributed by atoms with van der Waals surface area (Å²) in [6.07, 6.45) is 9.80. The minimum atomic E-state index is -0.0299. The Morgan fingerprint density at radius 2 is 1.91 bits per heavy atom. The SMILES string of the molecule is CC(=O)c1sc(-c2ccc(-c3cn4ccsc4n3)nc2)cc1N(C(=O)[C@H]1CC[C@H](C)CC1)C(C)C. The predicted octanol–water partition coefficient (Wildman–Crippen LogP) is 6.96. The number of nitrogens with zero attached hydrogens (tertiary/aromatic N) is 4. The van der Waals surface area contributed by atoms with Gasteiger partial charge in [0.1, 0.15) is 5.69 Å². The Balaban J connectivity index is 1.46. The summed E-state index contributed by atoms with van der Waals surface area (Å²) >= 11 is 3.03. The van der Waals surface area contributed by atoms with Gasteiger partial charge < -0.3 is 4.90 Å². The van der Waals surface area contributed by atoms with E-state index in [-0.39, 0.29) is 23.7 Å². The molecule has 35 heavy (non-hydrogen) atoms. The van der Waals surface area contributed by atoms with Crippen molar-refractivity contribution in [3.05, 3.63) is 47.0 Å². The zero-order valence-electron chi connectivity index (χ0n) is 20.5. The number of rotatable bonds is 6. The van der Waals surface area contributed by atoms with Gasteiger partial charge in [0.15, 0.2) is 10.7 Å². The zero-order valence-corrected chi connectivity index (χ0v) is 22.2. The first kappa shape index (κ1) is 23.9. The van der Waals surface area contributed by atoms with E-state index in [1.807, 2.05) is 65.3 Å². The monoisotopic (exact) mass is 506 g/mol. The van der Waals surface area contributed by atoms with Gasteiger partial charge in [-0.25, -0.2) is 4.98 Å². The van der Waals surface area contributed by atoms with Crippen molar-refractivity contribution in [2.75, 3.05) is 4.90 Å². The van der Waals surface area contributed by atoms with Crippen LogP contribution >= 0.6 is 22.7 Å². The lowest BCUT2D eigenvalue weighted by Gasteiger charge is -2.33. The van der Waals surface area contributed by atoms with Crippen molar-refractivity contribution in [2.24, 2.45) is 11.8 Å². The second-order valence-electron chi connectivity index (χ2n) is 9.79. The number of thiazole rings is 1. The molecule has 0 bridgehead atoms. The van der Waals surface area contributed by atoms with Gasteiger partial charge in [0.25, 0.3) is 0 Å². The first-order valence-electron chi connectivity index (χ1n) is 12.2. The standard InChI is InChI=1S/C27H30N4O2S2/c1-16(2)31(26(33)19-7-5-17(3)6-8-19)23-13-24(35-25(23)18(4)32)20-9-10-21(28-14-20)22-15-30-11-12-34-27(30)29-22/h9-17,19H,5-8H2,1-4H3/t17-,19-. The van der Waals surface area contributed by atoms with Crippen LogP contribution in [0.2, 0.25) is 0 Å². The second-order valence-corrected chi connectivity index (χ2v) is 11.7. The lowest BCUT2D eigenvalue weighted by molar-refractivity contribution is -0.123. The van der Waals surface area contributed by atoms with Crippen molar-refractivity contribution in [3.8, 4) is 21.8 Å². The van der Waals surface area contributed by atoms with Gasteiger partial charge in [-0.3, -0.25) is 19.0 Å². The van der Waals surface area contributed by atoms with Crippen LogP contribution in [-0.4, -0.2) is 32.1 Å². The number of amides is 1. The largest absolute Gasteiger partial charge is 0.308 e. The number of anilines is 1. The molecule has 0 N–H and O–H groups in total. The summed E-state index contributed by atoms with van der Waals surface area (Å²) in [6, 6.07) is 5.94. The number of fused-ring (bicyclic) bond motifs is 1. The predicted molar refractivity (Wildman–Crippen MR) is 143 cm³/mol. The van der Waals surface area contributed by atoms with Crippen molar-refractivity contribution >= 4 is 45.0 Å². The van der Waals surface area contributed by atoms with Crippen molar-refractivity contribution in [3.63, 3.8) is 0 Å². The zero-order chi connectivity index (χ0) is 24.7. The Morgan fingerprint density at radius 1 is 1.14 bits per heavy atom. The molecule has 0 radical (unpaired) electrons. The molecule has 0 aliphatic heterocycles. The number of carbonyl (C=O) groups is 2. The maximum absolute atomic E-state index is 13.6. The lowest BCUT2D eigenvalue weighted by Crippen LogP contribution is -2.42. The fourth-order valence-corrected chi connectivity index (χ4v) is 6.59. The lowest BCUT2D eigenvalue weighted by atomic mass is 9.82. The Bertz CT molecular complexity index is 1330. The highest BCUT2D eigenvalue weighted by Gasteiger charge is 2.33. The van der Waals surface area contributed by atoms with E-state index in [2.05, 4.69) is 16.9 Å². The van der Waals surface area contributed by atoms with E-state index in [9.17, 15) is 9.59 Å². The minimum absolute atomic E-state index is 0.0189. The number of Topliss-reactive ketones (excluding diaryl/α,β-unsaturated/α-hetero) is 1. The molecule has 1 aliphatic carbocycles. The van der Waals surface area contributed by atoms with E-state index in [1.165, 1.54) is 11.3 Å². The van der Waals surface area contributed by atoms with Gasteiger partial charge in [0.2, 0.25) is 5.91 Å². The Labute approximate surface area is 213 Å². The van der Waals surface area contributed by atoms with Gasteiger partial charge in [-0.05, 0) is 63.6 Å². The van der Waals surface area contributed by atoms with E-state index in [1.54, 1.807) is 18.3 Å². The third-order valence-electron chi connectivity index (χ3n) is 6.81. The summed E-state index contributed by atoms with van der Waals surface area (Å²) in [6.45, 7) is 7.89. The molecule has 4 heterocycles. The van der Waals surface area contributed by atoms with Gasteiger partial charge >= 0.3 is 0 Å². The third-order valence-corrected chi connectivity index (χ3v) is 8.86. The van der Waals surface area contributed by atoms with Crippen molar-refractivity contribution in [1.29, 1.82) is 0 Å². The average Bonchev–Trinajstić information content (AvgIpc) is 3.55. The molecule has 4 aromatic rings. The number of carbonyl (C=O) groups excluding carboxylic acids is 2. The molecular weight excluding hydrogens is 476 g/mol. The molecule has 0 aromatic carbocycles. The number of imidazole rings is 1. The molecule has 0 saturated heterocycles. The van der Waals surface area contributed by atoms with Gasteiger partial charge in [-0.2, -0.15) is 0 Å².